The molecule has 0 aliphatic carbocycles. The SMILES string of the molecule is CCCCC(OCC)c1ccc2c3c(cccc13)C(=O)OC2=O. The van der Waals surface area contributed by atoms with Crippen LogP contribution in [-0.4, -0.2) is 18.5 Å². The number of carbonyl (C=O) groups is 2. The van der Waals surface area contributed by atoms with Crippen molar-refractivity contribution in [2.24, 2.45) is 0 Å². The molecule has 0 N–H and O–H groups in total. The topological polar surface area (TPSA) is 52.6 Å². The Labute approximate surface area is 135 Å². The van der Waals surface area contributed by atoms with Crippen molar-refractivity contribution in [3.05, 3.63) is 47.0 Å². The molecule has 1 aliphatic rings. The molecule has 23 heavy (non-hydrogen) atoms. The van der Waals surface area contributed by atoms with Gasteiger partial charge >= 0.3 is 11.9 Å². The number of esters is 2. The minimum absolute atomic E-state index is 0.0303. The second-order valence-corrected chi connectivity index (χ2v) is 5.69. The number of cyclic esters (lactones) is 2. The summed E-state index contributed by atoms with van der Waals surface area (Å²) in [6.45, 7) is 4.75. The molecular formula is C19H20O4. The zero-order chi connectivity index (χ0) is 16.4. The van der Waals surface area contributed by atoms with Crippen LogP contribution in [-0.2, 0) is 9.47 Å². The highest BCUT2D eigenvalue weighted by atomic mass is 16.6. The molecule has 1 atom stereocenters. The fourth-order valence-corrected chi connectivity index (χ4v) is 3.16. The quantitative estimate of drug-likeness (QED) is 0.585. The summed E-state index contributed by atoms with van der Waals surface area (Å²) in [4.78, 5) is 24.0. The predicted octanol–water partition coefficient (Wildman–Crippen LogP) is 4.42. The molecule has 0 amide bonds. The second-order valence-electron chi connectivity index (χ2n) is 5.69. The van der Waals surface area contributed by atoms with Gasteiger partial charge in [-0.3, -0.25) is 0 Å². The summed E-state index contributed by atoms with van der Waals surface area (Å²) in [6.07, 6.45) is 3.04. The molecule has 4 heteroatoms. The molecule has 1 unspecified atom stereocenters. The Morgan fingerprint density at radius 2 is 1.78 bits per heavy atom. The first-order valence-corrected chi connectivity index (χ1v) is 8.11. The van der Waals surface area contributed by atoms with Gasteiger partial charge < -0.3 is 9.47 Å². The molecule has 4 nitrogen and oxygen atoms in total. The van der Waals surface area contributed by atoms with Gasteiger partial charge in [-0.2, -0.15) is 0 Å². The van der Waals surface area contributed by atoms with Crippen molar-refractivity contribution < 1.29 is 19.1 Å². The maximum absolute atomic E-state index is 12.0. The van der Waals surface area contributed by atoms with Crippen molar-refractivity contribution in [2.75, 3.05) is 6.61 Å². The lowest BCUT2D eigenvalue weighted by Gasteiger charge is -2.22. The fourth-order valence-electron chi connectivity index (χ4n) is 3.16. The Morgan fingerprint density at radius 3 is 2.48 bits per heavy atom. The highest BCUT2D eigenvalue weighted by Crippen LogP contribution is 2.36. The zero-order valence-electron chi connectivity index (χ0n) is 13.4. The molecule has 2 aromatic carbocycles. The zero-order valence-corrected chi connectivity index (χ0v) is 13.4. The van der Waals surface area contributed by atoms with Gasteiger partial charge in [0.15, 0.2) is 0 Å². The largest absolute Gasteiger partial charge is 0.386 e. The van der Waals surface area contributed by atoms with Gasteiger partial charge in [-0.15, -0.1) is 0 Å². The Bertz CT molecular complexity index is 743. The number of carbonyl (C=O) groups excluding carboxylic acids is 2. The molecule has 0 bridgehead atoms. The van der Waals surface area contributed by atoms with Gasteiger partial charge in [0.2, 0.25) is 0 Å². The summed E-state index contributed by atoms with van der Waals surface area (Å²) in [5.74, 6) is -1.15. The first-order valence-electron chi connectivity index (χ1n) is 8.11. The van der Waals surface area contributed by atoms with E-state index in [0.717, 1.165) is 30.2 Å². The van der Waals surface area contributed by atoms with Crippen molar-refractivity contribution in [1.29, 1.82) is 0 Å². The molecule has 0 fully saturated rings. The molecule has 120 valence electrons. The molecule has 0 saturated heterocycles. The van der Waals surface area contributed by atoms with E-state index in [1.165, 1.54) is 0 Å². The van der Waals surface area contributed by atoms with E-state index in [2.05, 4.69) is 6.92 Å². The molecule has 0 aromatic heterocycles. The molecule has 0 saturated carbocycles. The highest BCUT2D eigenvalue weighted by Gasteiger charge is 2.29. The van der Waals surface area contributed by atoms with Crippen LogP contribution in [0.15, 0.2) is 30.3 Å². The summed E-state index contributed by atoms with van der Waals surface area (Å²) in [6, 6.07) is 9.14. The van der Waals surface area contributed by atoms with Crippen LogP contribution < -0.4 is 0 Å². The normalized spacial score (nSPS) is 14.9. The van der Waals surface area contributed by atoms with Crippen molar-refractivity contribution in [2.45, 2.75) is 39.2 Å². The first kappa shape index (κ1) is 15.7. The van der Waals surface area contributed by atoms with Crippen LogP contribution in [0.25, 0.3) is 10.8 Å². The van der Waals surface area contributed by atoms with Crippen molar-refractivity contribution in [3.63, 3.8) is 0 Å². The molecule has 1 heterocycles. The van der Waals surface area contributed by atoms with Crippen LogP contribution in [0.5, 0.6) is 0 Å². The van der Waals surface area contributed by atoms with Crippen molar-refractivity contribution >= 4 is 22.7 Å². The van der Waals surface area contributed by atoms with Gasteiger partial charge in [0.1, 0.15) is 0 Å². The number of rotatable bonds is 6. The standard InChI is InChI=1S/C19H20O4/c1-3-5-9-16(22-4-2)12-10-11-15-17-13(12)7-6-8-14(17)18(20)23-19(15)21/h6-8,10-11,16H,3-5,9H2,1-2H3. The average molecular weight is 312 g/mol. The van der Waals surface area contributed by atoms with Crippen LogP contribution in [0.1, 0.15) is 65.5 Å². The van der Waals surface area contributed by atoms with Crippen LogP contribution >= 0.6 is 0 Å². The molecule has 0 spiro atoms. The van der Waals surface area contributed by atoms with Crippen molar-refractivity contribution in [1.82, 2.24) is 0 Å². The smallest absolute Gasteiger partial charge is 0.346 e. The van der Waals surface area contributed by atoms with Gasteiger partial charge in [0, 0.05) is 12.0 Å². The van der Waals surface area contributed by atoms with E-state index in [4.69, 9.17) is 9.47 Å². The first-order chi connectivity index (χ1) is 11.2. The fraction of sp³-hybridized carbons (Fsp3) is 0.368. The minimum Gasteiger partial charge on any atom is -0.386 e. The predicted molar refractivity (Wildman–Crippen MR) is 87.6 cm³/mol. The molecule has 1 aliphatic heterocycles. The summed E-state index contributed by atoms with van der Waals surface area (Å²) in [5.41, 5.74) is 1.93. The number of ether oxygens (including phenoxy) is 2. The van der Waals surface area contributed by atoms with Gasteiger partial charge in [0.05, 0.1) is 17.2 Å². The van der Waals surface area contributed by atoms with Gasteiger partial charge in [-0.1, -0.05) is 38.0 Å². The van der Waals surface area contributed by atoms with E-state index in [1.807, 2.05) is 25.1 Å². The number of unbranched alkanes of at least 4 members (excludes halogenated alkanes) is 1. The van der Waals surface area contributed by atoms with E-state index in [9.17, 15) is 9.59 Å². The third kappa shape index (κ3) is 2.75. The lowest BCUT2D eigenvalue weighted by atomic mass is 9.90. The lowest BCUT2D eigenvalue weighted by Crippen LogP contribution is -2.20. The van der Waals surface area contributed by atoms with Gasteiger partial charge in [-0.05, 0) is 36.4 Å². The molecule has 0 radical (unpaired) electrons. The molecule has 2 aromatic rings. The molecular weight excluding hydrogens is 292 g/mol. The summed E-state index contributed by atoms with van der Waals surface area (Å²) in [7, 11) is 0. The Kier molecular flexibility index (Phi) is 4.44. The maximum Gasteiger partial charge on any atom is 0.346 e. The van der Waals surface area contributed by atoms with E-state index in [-0.39, 0.29) is 6.10 Å². The van der Waals surface area contributed by atoms with E-state index >= 15 is 0 Å². The van der Waals surface area contributed by atoms with Gasteiger partial charge in [0.25, 0.3) is 0 Å². The second kappa shape index (κ2) is 6.50. The van der Waals surface area contributed by atoms with E-state index < -0.39 is 11.9 Å². The lowest BCUT2D eigenvalue weighted by molar-refractivity contribution is 0.0390. The van der Waals surface area contributed by atoms with Crippen LogP contribution in [0.3, 0.4) is 0 Å². The summed E-state index contributed by atoms with van der Waals surface area (Å²) in [5, 5.41) is 1.59. The van der Waals surface area contributed by atoms with Crippen LogP contribution in [0.4, 0.5) is 0 Å². The van der Waals surface area contributed by atoms with E-state index in [1.54, 1.807) is 12.1 Å². The third-order valence-electron chi connectivity index (χ3n) is 4.23. The monoisotopic (exact) mass is 312 g/mol. The average Bonchev–Trinajstić information content (AvgIpc) is 2.56. The Morgan fingerprint density at radius 1 is 1.04 bits per heavy atom. The van der Waals surface area contributed by atoms with Crippen LogP contribution in [0.2, 0.25) is 0 Å². The third-order valence-corrected chi connectivity index (χ3v) is 4.23. The van der Waals surface area contributed by atoms with E-state index in [0.29, 0.717) is 23.1 Å². The number of hydrogen-bond acceptors (Lipinski definition) is 4. The number of benzene rings is 2. The Balaban J connectivity index is 2.19. The summed E-state index contributed by atoms with van der Waals surface area (Å²) >= 11 is 0. The van der Waals surface area contributed by atoms with Crippen molar-refractivity contribution in [3.8, 4) is 0 Å². The maximum atomic E-state index is 12.0. The van der Waals surface area contributed by atoms with Crippen LogP contribution in [0, 0.1) is 0 Å². The number of hydrogen-bond donors (Lipinski definition) is 0. The summed E-state index contributed by atoms with van der Waals surface area (Å²) < 4.78 is 10.7. The minimum atomic E-state index is -0.577. The highest BCUT2D eigenvalue weighted by molar-refractivity contribution is 6.21. The van der Waals surface area contributed by atoms with Gasteiger partial charge in [-0.25, -0.2) is 9.59 Å². The Hall–Kier alpha value is -2.20. The molecule has 3 rings (SSSR count).